The summed E-state index contributed by atoms with van der Waals surface area (Å²) in [6, 6.07) is 5.93. The van der Waals surface area contributed by atoms with E-state index in [-0.39, 0.29) is 16.7 Å². The Labute approximate surface area is 106 Å². The van der Waals surface area contributed by atoms with E-state index >= 15 is 0 Å². The van der Waals surface area contributed by atoms with Gasteiger partial charge in [-0.3, -0.25) is 4.79 Å². The third-order valence-corrected chi connectivity index (χ3v) is 4.17. The summed E-state index contributed by atoms with van der Waals surface area (Å²) >= 11 is 3.40. The number of carbonyl (C=O) groups excluding carboxylic acids is 1. The highest BCUT2D eigenvalue weighted by molar-refractivity contribution is 9.10. The second-order valence-corrected chi connectivity index (χ2v) is 5.37. The number of aryl methyl sites for hydroxylation is 1. The summed E-state index contributed by atoms with van der Waals surface area (Å²) in [5.41, 5.74) is 3.21. The summed E-state index contributed by atoms with van der Waals surface area (Å²) in [6.45, 7) is 8.09. The van der Waals surface area contributed by atoms with E-state index in [2.05, 4.69) is 21.2 Å². The number of alkyl halides is 1. The lowest BCUT2D eigenvalue weighted by Gasteiger charge is -2.15. The maximum absolute atomic E-state index is 11.9. The largest absolute Gasteiger partial charge is 0.325 e. The Kier molecular flexibility index (Phi) is 4.54. The Morgan fingerprint density at radius 3 is 2.50 bits per heavy atom. The highest BCUT2D eigenvalue weighted by Crippen LogP contribution is 2.20. The van der Waals surface area contributed by atoms with E-state index in [9.17, 15) is 4.79 Å². The molecule has 2 nitrogen and oxygen atoms in total. The van der Waals surface area contributed by atoms with Crippen LogP contribution < -0.4 is 5.32 Å². The van der Waals surface area contributed by atoms with Crippen molar-refractivity contribution in [3.63, 3.8) is 0 Å². The maximum Gasteiger partial charge on any atom is 0.238 e. The molecule has 0 heterocycles. The molecular formula is C13H18BrNO. The van der Waals surface area contributed by atoms with E-state index in [0.29, 0.717) is 0 Å². The molecule has 0 spiro atoms. The minimum Gasteiger partial charge on any atom is -0.325 e. The molecule has 1 aromatic carbocycles. The van der Waals surface area contributed by atoms with Gasteiger partial charge < -0.3 is 5.32 Å². The van der Waals surface area contributed by atoms with Crippen molar-refractivity contribution >= 4 is 27.5 Å². The van der Waals surface area contributed by atoms with Crippen LogP contribution in [0.25, 0.3) is 0 Å². The van der Waals surface area contributed by atoms with Crippen LogP contribution in [0.4, 0.5) is 5.69 Å². The van der Waals surface area contributed by atoms with Crippen LogP contribution >= 0.6 is 15.9 Å². The van der Waals surface area contributed by atoms with Gasteiger partial charge in [0.15, 0.2) is 0 Å². The number of anilines is 1. The van der Waals surface area contributed by atoms with Crippen molar-refractivity contribution in [3.8, 4) is 0 Å². The number of rotatable bonds is 3. The maximum atomic E-state index is 11.9. The van der Waals surface area contributed by atoms with Gasteiger partial charge in [0.1, 0.15) is 0 Å². The first-order valence-corrected chi connectivity index (χ1v) is 6.36. The summed E-state index contributed by atoms with van der Waals surface area (Å²) in [6.07, 6.45) is 0. The highest BCUT2D eigenvalue weighted by Gasteiger charge is 2.19. The molecule has 1 aromatic rings. The van der Waals surface area contributed by atoms with Crippen LogP contribution in [0.1, 0.15) is 25.0 Å². The molecule has 0 aliphatic carbocycles. The normalized spacial score (nSPS) is 12.6. The Morgan fingerprint density at radius 1 is 1.31 bits per heavy atom. The summed E-state index contributed by atoms with van der Waals surface area (Å²) in [5.74, 6) is 0.300. The summed E-state index contributed by atoms with van der Waals surface area (Å²) in [5, 5.41) is 2.95. The van der Waals surface area contributed by atoms with Gasteiger partial charge in [0, 0.05) is 5.69 Å². The minimum atomic E-state index is -0.146. The highest BCUT2D eigenvalue weighted by atomic mass is 79.9. The molecule has 1 amide bonds. The minimum absolute atomic E-state index is 0.0173. The van der Waals surface area contributed by atoms with E-state index in [1.54, 1.807) is 0 Å². The lowest BCUT2D eigenvalue weighted by atomic mass is 10.1. The number of hydrogen-bond acceptors (Lipinski definition) is 1. The fraction of sp³-hybridized carbons (Fsp3) is 0.462. The summed E-state index contributed by atoms with van der Waals surface area (Å²) in [7, 11) is 0. The van der Waals surface area contributed by atoms with Crippen molar-refractivity contribution in [1.82, 2.24) is 0 Å². The van der Waals surface area contributed by atoms with E-state index < -0.39 is 0 Å². The van der Waals surface area contributed by atoms with Gasteiger partial charge >= 0.3 is 0 Å². The molecule has 0 aliphatic rings. The Hall–Kier alpha value is -0.830. The Morgan fingerprint density at radius 2 is 1.94 bits per heavy atom. The van der Waals surface area contributed by atoms with Gasteiger partial charge in [-0.15, -0.1) is 0 Å². The van der Waals surface area contributed by atoms with Crippen LogP contribution in [0.3, 0.4) is 0 Å². The van der Waals surface area contributed by atoms with Crippen LogP contribution in [0, 0.1) is 19.8 Å². The van der Waals surface area contributed by atoms with Crippen molar-refractivity contribution in [2.45, 2.75) is 32.5 Å². The van der Waals surface area contributed by atoms with E-state index in [4.69, 9.17) is 0 Å². The van der Waals surface area contributed by atoms with Crippen LogP contribution in [-0.2, 0) is 4.79 Å². The molecule has 16 heavy (non-hydrogen) atoms. The fourth-order valence-corrected chi connectivity index (χ4v) is 1.51. The van der Waals surface area contributed by atoms with Crippen molar-refractivity contribution in [2.75, 3.05) is 5.32 Å². The number of hydrogen-bond donors (Lipinski definition) is 1. The van der Waals surface area contributed by atoms with Crippen LogP contribution in [0.15, 0.2) is 18.2 Å². The number of amides is 1. The summed E-state index contributed by atoms with van der Waals surface area (Å²) in [4.78, 5) is 11.7. The van der Waals surface area contributed by atoms with Crippen molar-refractivity contribution in [3.05, 3.63) is 29.3 Å². The first-order valence-electron chi connectivity index (χ1n) is 5.44. The standard InChI is InChI=1S/C13H18BrNO/c1-8(2)12(14)13(16)15-11-7-5-6-9(3)10(11)4/h5-8,12H,1-4H3,(H,15,16)/t12-/m1/s1. The zero-order valence-corrected chi connectivity index (χ0v) is 11.8. The lowest BCUT2D eigenvalue weighted by molar-refractivity contribution is -0.116. The second kappa shape index (κ2) is 5.48. The Balaban J connectivity index is 2.81. The molecule has 0 saturated heterocycles. The van der Waals surface area contributed by atoms with E-state index in [0.717, 1.165) is 11.3 Å². The number of carbonyl (C=O) groups is 1. The van der Waals surface area contributed by atoms with Crippen molar-refractivity contribution in [2.24, 2.45) is 5.92 Å². The molecule has 0 aromatic heterocycles. The van der Waals surface area contributed by atoms with Crippen molar-refractivity contribution in [1.29, 1.82) is 0 Å². The van der Waals surface area contributed by atoms with Crippen molar-refractivity contribution < 1.29 is 4.79 Å². The molecule has 0 unspecified atom stereocenters. The molecule has 3 heteroatoms. The predicted molar refractivity (Wildman–Crippen MR) is 72.1 cm³/mol. The Bertz CT molecular complexity index is 388. The third kappa shape index (κ3) is 3.08. The monoisotopic (exact) mass is 283 g/mol. The van der Waals surface area contributed by atoms with E-state index in [1.165, 1.54) is 5.56 Å². The molecule has 88 valence electrons. The molecule has 0 bridgehead atoms. The molecule has 0 radical (unpaired) electrons. The molecule has 1 rings (SSSR count). The number of nitrogens with one attached hydrogen (secondary N) is 1. The van der Waals surface area contributed by atoms with Crippen LogP contribution in [0.2, 0.25) is 0 Å². The fourth-order valence-electron chi connectivity index (χ4n) is 1.39. The molecule has 1 atom stereocenters. The predicted octanol–water partition coefficient (Wildman–Crippen LogP) is 3.66. The smallest absolute Gasteiger partial charge is 0.238 e. The van der Waals surface area contributed by atoms with Gasteiger partial charge in [0.2, 0.25) is 5.91 Å². The first-order chi connectivity index (χ1) is 7.43. The zero-order valence-electron chi connectivity index (χ0n) is 10.2. The molecule has 1 N–H and O–H groups in total. The van der Waals surface area contributed by atoms with Gasteiger partial charge in [-0.25, -0.2) is 0 Å². The average Bonchev–Trinajstić information content (AvgIpc) is 2.23. The van der Waals surface area contributed by atoms with Gasteiger partial charge in [0.25, 0.3) is 0 Å². The van der Waals surface area contributed by atoms with E-state index in [1.807, 2.05) is 45.9 Å². The summed E-state index contributed by atoms with van der Waals surface area (Å²) < 4.78 is 0. The topological polar surface area (TPSA) is 29.1 Å². The molecule has 0 saturated carbocycles. The number of halogens is 1. The van der Waals surface area contributed by atoms with Gasteiger partial charge in [-0.1, -0.05) is 41.9 Å². The number of benzene rings is 1. The first kappa shape index (κ1) is 13.2. The van der Waals surface area contributed by atoms with Gasteiger partial charge in [0.05, 0.1) is 4.83 Å². The molecular weight excluding hydrogens is 266 g/mol. The average molecular weight is 284 g/mol. The quantitative estimate of drug-likeness (QED) is 0.843. The van der Waals surface area contributed by atoms with Gasteiger partial charge in [-0.2, -0.15) is 0 Å². The SMILES string of the molecule is Cc1cccc(NC(=O)[C@H](Br)C(C)C)c1C. The lowest BCUT2D eigenvalue weighted by Crippen LogP contribution is -2.27. The molecule has 0 fully saturated rings. The van der Waals surface area contributed by atoms with Crippen LogP contribution in [0.5, 0.6) is 0 Å². The van der Waals surface area contributed by atoms with Crippen LogP contribution in [-0.4, -0.2) is 10.7 Å². The molecule has 0 aliphatic heterocycles. The van der Waals surface area contributed by atoms with Gasteiger partial charge in [-0.05, 0) is 37.0 Å². The second-order valence-electron chi connectivity index (χ2n) is 4.38. The third-order valence-electron chi connectivity index (χ3n) is 2.70. The zero-order chi connectivity index (χ0) is 12.3.